The highest BCUT2D eigenvalue weighted by Gasteiger charge is 2.37. The zero-order valence-electron chi connectivity index (χ0n) is 15.9. The van der Waals surface area contributed by atoms with E-state index in [0.29, 0.717) is 21.6 Å². The molecule has 0 spiro atoms. The van der Waals surface area contributed by atoms with E-state index in [-0.39, 0.29) is 6.04 Å². The second-order valence-electron chi connectivity index (χ2n) is 7.07. The molecule has 0 fully saturated rings. The molecule has 0 aliphatic carbocycles. The summed E-state index contributed by atoms with van der Waals surface area (Å²) in [4.78, 5) is 12.2. The molecule has 0 saturated carbocycles. The van der Waals surface area contributed by atoms with Crippen LogP contribution in [0.4, 0.5) is 0 Å². The van der Waals surface area contributed by atoms with Crippen molar-refractivity contribution in [3.05, 3.63) is 75.6 Å². The number of carbonyl (C=O) groups excluding carboxylic acids is 1. The molecule has 2 atom stereocenters. The van der Waals surface area contributed by atoms with Gasteiger partial charge in [-0.05, 0) is 48.1 Å². The van der Waals surface area contributed by atoms with Crippen LogP contribution in [0.5, 0.6) is 0 Å². The van der Waals surface area contributed by atoms with Gasteiger partial charge in [0.15, 0.2) is 0 Å². The third-order valence-electron chi connectivity index (χ3n) is 5.00. The second kappa shape index (κ2) is 10.3. The Hall–Kier alpha value is -1.75. The fourth-order valence-corrected chi connectivity index (χ4v) is 4.08. The zero-order chi connectivity index (χ0) is 20.8. The maximum absolute atomic E-state index is 12.2. The van der Waals surface area contributed by atoms with Crippen LogP contribution in [-0.2, 0) is 11.2 Å². The van der Waals surface area contributed by atoms with Crippen LogP contribution in [0.25, 0.3) is 0 Å². The van der Waals surface area contributed by atoms with Crippen molar-refractivity contribution in [2.45, 2.75) is 31.7 Å². The van der Waals surface area contributed by atoms with Gasteiger partial charge in [-0.1, -0.05) is 60.0 Å². The lowest BCUT2D eigenvalue weighted by molar-refractivity contribution is -0.120. The summed E-state index contributed by atoms with van der Waals surface area (Å²) >= 11 is 17.9. The molecule has 2 aromatic rings. The van der Waals surface area contributed by atoms with E-state index in [1.54, 1.807) is 24.6 Å². The van der Waals surface area contributed by atoms with Crippen LogP contribution in [0, 0.1) is 12.3 Å². The van der Waals surface area contributed by atoms with E-state index in [4.69, 9.17) is 40.5 Å². The molecule has 153 valence electrons. The van der Waals surface area contributed by atoms with E-state index in [1.807, 2.05) is 12.1 Å². The molecule has 4 nitrogen and oxygen atoms in total. The van der Waals surface area contributed by atoms with Gasteiger partial charge in [0.1, 0.15) is 5.92 Å². The van der Waals surface area contributed by atoms with Gasteiger partial charge in [0, 0.05) is 22.3 Å². The lowest BCUT2D eigenvalue weighted by Crippen LogP contribution is -2.34. The Bertz CT molecular complexity index is 883. The summed E-state index contributed by atoms with van der Waals surface area (Å²) in [5.74, 6) is -0.317. The molecule has 0 aromatic heterocycles. The Balaban J connectivity index is 1.70. The fourth-order valence-electron chi connectivity index (χ4n) is 3.43. The predicted octanol–water partition coefficient (Wildman–Crippen LogP) is 5.30. The molecule has 1 amide bonds. The fraction of sp³-hybridized carbons (Fsp3) is 0.318. The van der Waals surface area contributed by atoms with Gasteiger partial charge in [-0.15, -0.1) is 11.6 Å². The number of rotatable bonds is 9. The number of hydrazone groups is 1. The minimum absolute atomic E-state index is 0.310. The van der Waals surface area contributed by atoms with Gasteiger partial charge in [-0.2, -0.15) is 5.10 Å². The van der Waals surface area contributed by atoms with Gasteiger partial charge in [-0.25, -0.2) is 0 Å². The number of aryl methyl sites for hydroxylation is 1. The van der Waals surface area contributed by atoms with Crippen LogP contribution in [0.2, 0.25) is 10.0 Å². The first-order valence-corrected chi connectivity index (χ1v) is 10.9. The summed E-state index contributed by atoms with van der Waals surface area (Å²) in [5.41, 5.74) is 12.3. The second-order valence-corrected chi connectivity index (χ2v) is 8.30. The van der Waals surface area contributed by atoms with Crippen LogP contribution in [0.1, 0.15) is 42.0 Å². The minimum Gasteiger partial charge on any atom is -0.369 e. The van der Waals surface area contributed by atoms with E-state index in [2.05, 4.69) is 22.7 Å². The minimum atomic E-state index is -0.587. The molecule has 3 N–H and O–H groups in total. The van der Waals surface area contributed by atoms with E-state index in [9.17, 15) is 4.79 Å². The summed E-state index contributed by atoms with van der Waals surface area (Å²) in [5, 5.41) is 5.39. The molecule has 0 saturated heterocycles. The molecule has 0 bridgehead atoms. The molecule has 2 unspecified atom stereocenters. The predicted molar refractivity (Wildman–Crippen MR) is 121 cm³/mol. The van der Waals surface area contributed by atoms with E-state index < -0.39 is 11.8 Å². The molecule has 2 aromatic carbocycles. The average molecular weight is 452 g/mol. The van der Waals surface area contributed by atoms with Gasteiger partial charge in [-0.3, -0.25) is 4.79 Å². The van der Waals surface area contributed by atoms with E-state index >= 15 is 0 Å². The van der Waals surface area contributed by atoms with Crippen molar-refractivity contribution >= 4 is 46.4 Å². The lowest BCUT2D eigenvalue weighted by Gasteiger charge is -2.19. The molecular weight excluding hydrogens is 429 g/mol. The highest BCUT2D eigenvalue weighted by atomic mass is 35.5. The number of unbranched alkanes of at least 4 members (excludes halogenated alkanes) is 2. The molecule has 1 aliphatic rings. The van der Waals surface area contributed by atoms with Crippen molar-refractivity contribution in [1.29, 1.82) is 0 Å². The maximum Gasteiger partial charge on any atom is 0.228 e. The number of hydrogen-bond acceptors (Lipinski definition) is 3. The van der Waals surface area contributed by atoms with E-state index in [0.717, 1.165) is 36.8 Å². The van der Waals surface area contributed by atoms with E-state index in [1.165, 1.54) is 5.56 Å². The zero-order valence-corrected chi connectivity index (χ0v) is 18.1. The number of benzene rings is 2. The standard InChI is InChI=1S/C22H23Cl3N3O/c23-11-3-1-2-4-14-5-7-15(8-6-14)21-20(22(26)29)19(27-28-21)12-16-9-10-17(24)13-18(16)25/h5-10,12-13,20-21,28H,1-4,11H2,(H2,26,29). The maximum atomic E-state index is 12.2. The largest absolute Gasteiger partial charge is 0.369 e. The van der Waals surface area contributed by atoms with Gasteiger partial charge in [0.25, 0.3) is 0 Å². The number of nitrogens with one attached hydrogen (secondary N) is 1. The average Bonchev–Trinajstić information content (AvgIpc) is 3.12. The molecular formula is C22H23Cl3N3O. The Labute approximate surface area is 186 Å². The Morgan fingerprint density at radius 3 is 2.52 bits per heavy atom. The van der Waals surface area contributed by atoms with Crippen molar-refractivity contribution in [2.75, 3.05) is 5.88 Å². The molecule has 29 heavy (non-hydrogen) atoms. The number of primary amides is 1. The summed E-state index contributed by atoms with van der Waals surface area (Å²) in [6.45, 7) is 0. The first-order valence-electron chi connectivity index (χ1n) is 9.56. The monoisotopic (exact) mass is 450 g/mol. The quantitative estimate of drug-likeness (QED) is 0.401. The summed E-state index contributed by atoms with van der Waals surface area (Å²) < 4.78 is 0. The van der Waals surface area contributed by atoms with Crippen molar-refractivity contribution < 1.29 is 4.79 Å². The smallest absolute Gasteiger partial charge is 0.228 e. The normalized spacial score (nSPS) is 18.4. The Morgan fingerprint density at radius 1 is 1.10 bits per heavy atom. The Morgan fingerprint density at radius 2 is 1.86 bits per heavy atom. The molecule has 7 heteroatoms. The van der Waals surface area contributed by atoms with Gasteiger partial charge >= 0.3 is 0 Å². The number of amides is 1. The van der Waals surface area contributed by atoms with Crippen LogP contribution < -0.4 is 11.2 Å². The molecule has 1 aliphatic heterocycles. The van der Waals surface area contributed by atoms with Crippen LogP contribution in [-0.4, -0.2) is 17.5 Å². The number of hydrogen-bond donors (Lipinski definition) is 2. The number of halogens is 3. The van der Waals surface area contributed by atoms with Crippen molar-refractivity contribution in [2.24, 2.45) is 16.8 Å². The van der Waals surface area contributed by atoms with Gasteiger partial charge < -0.3 is 11.2 Å². The van der Waals surface area contributed by atoms with Gasteiger partial charge in [0.05, 0.1) is 11.8 Å². The molecule has 1 radical (unpaired) electrons. The van der Waals surface area contributed by atoms with Crippen LogP contribution in [0.3, 0.4) is 0 Å². The number of nitrogens with zero attached hydrogens (tertiary/aromatic N) is 1. The topological polar surface area (TPSA) is 67.5 Å². The number of nitrogens with two attached hydrogens (primary N) is 1. The van der Waals surface area contributed by atoms with Crippen LogP contribution >= 0.6 is 34.8 Å². The van der Waals surface area contributed by atoms with Crippen molar-refractivity contribution in [3.63, 3.8) is 0 Å². The highest BCUT2D eigenvalue weighted by Crippen LogP contribution is 2.32. The molecule has 1 heterocycles. The first kappa shape index (κ1) is 21.9. The first-order chi connectivity index (χ1) is 14.0. The summed E-state index contributed by atoms with van der Waals surface area (Å²) in [6, 6.07) is 13.1. The van der Waals surface area contributed by atoms with Crippen molar-refractivity contribution in [3.8, 4) is 0 Å². The van der Waals surface area contributed by atoms with Crippen molar-refractivity contribution in [1.82, 2.24) is 5.43 Å². The highest BCUT2D eigenvalue weighted by molar-refractivity contribution is 6.35. The summed E-state index contributed by atoms with van der Waals surface area (Å²) in [6.07, 6.45) is 6.06. The third-order valence-corrected chi connectivity index (χ3v) is 5.82. The number of carbonyl (C=O) groups is 1. The molecule has 3 rings (SSSR count). The lowest BCUT2D eigenvalue weighted by atomic mass is 9.87. The SMILES string of the molecule is NC(=O)C1C([CH]c2ccc(Cl)cc2Cl)=NNC1c1ccc(CCCCCCl)cc1. The van der Waals surface area contributed by atoms with Gasteiger partial charge in [0.2, 0.25) is 5.91 Å². The third kappa shape index (κ3) is 5.65. The Kier molecular flexibility index (Phi) is 7.82. The summed E-state index contributed by atoms with van der Waals surface area (Å²) in [7, 11) is 0. The van der Waals surface area contributed by atoms with Crippen LogP contribution in [0.15, 0.2) is 47.6 Å². The number of alkyl halides is 1.